The SMILES string of the molecule is COc1cnc(-c2ccccc2)nc1Sc1ccc(Cl)cc1Cl. The van der Waals surface area contributed by atoms with Crippen LogP contribution < -0.4 is 4.74 Å². The van der Waals surface area contributed by atoms with Crippen molar-refractivity contribution in [1.29, 1.82) is 0 Å². The molecule has 116 valence electrons. The van der Waals surface area contributed by atoms with Crippen LogP contribution in [0.4, 0.5) is 0 Å². The first-order valence-corrected chi connectivity index (χ1v) is 8.34. The highest BCUT2D eigenvalue weighted by Crippen LogP contribution is 2.38. The van der Waals surface area contributed by atoms with Gasteiger partial charge in [-0.1, -0.05) is 65.3 Å². The Labute approximate surface area is 148 Å². The minimum Gasteiger partial charge on any atom is -0.492 e. The molecule has 1 heterocycles. The van der Waals surface area contributed by atoms with Gasteiger partial charge in [0.25, 0.3) is 0 Å². The average Bonchev–Trinajstić information content (AvgIpc) is 2.58. The second kappa shape index (κ2) is 7.21. The minimum atomic E-state index is 0.574. The summed E-state index contributed by atoms with van der Waals surface area (Å²) in [5.74, 6) is 1.24. The van der Waals surface area contributed by atoms with Crippen molar-refractivity contribution in [3.05, 3.63) is 64.8 Å². The average molecular weight is 363 g/mol. The maximum atomic E-state index is 6.24. The van der Waals surface area contributed by atoms with Gasteiger partial charge in [0, 0.05) is 15.5 Å². The van der Waals surface area contributed by atoms with Gasteiger partial charge in [-0.15, -0.1) is 0 Å². The lowest BCUT2D eigenvalue weighted by atomic mass is 10.2. The van der Waals surface area contributed by atoms with Crippen molar-refractivity contribution in [2.75, 3.05) is 7.11 Å². The van der Waals surface area contributed by atoms with Crippen LogP contribution in [-0.2, 0) is 0 Å². The molecule has 6 heteroatoms. The summed E-state index contributed by atoms with van der Waals surface area (Å²) in [5.41, 5.74) is 0.944. The Kier molecular flexibility index (Phi) is 5.06. The molecule has 0 atom stereocenters. The standard InChI is InChI=1S/C17H12Cl2N2OS/c1-22-14-10-20-16(11-5-3-2-4-6-11)21-17(14)23-15-8-7-12(18)9-13(15)19/h2-10H,1H3. The molecule has 3 rings (SSSR count). The van der Waals surface area contributed by atoms with Gasteiger partial charge in [-0.05, 0) is 18.2 Å². The fraction of sp³-hybridized carbons (Fsp3) is 0.0588. The van der Waals surface area contributed by atoms with Gasteiger partial charge in [0.15, 0.2) is 11.6 Å². The monoisotopic (exact) mass is 362 g/mol. The molecule has 3 aromatic rings. The zero-order valence-corrected chi connectivity index (χ0v) is 14.5. The third kappa shape index (κ3) is 3.78. The number of nitrogens with zero attached hydrogens (tertiary/aromatic N) is 2. The Balaban J connectivity index is 2.00. The molecule has 0 bridgehead atoms. The molecule has 0 aliphatic rings. The van der Waals surface area contributed by atoms with E-state index in [9.17, 15) is 0 Å². The summed E-state index contributed by atoms with van der Waals surface area (Å²) in [6.45, 7) is 0. The Morgan fingerprint density at radius 1 is 1.04 bits per heavy atom. The van der Waals surface area contributed by atoms with Crippen molar-refractivity contribution in [2.24, 2.45) is 0 Å². The number of hydrogen-bond donors (Lipinski definition) is 0. The fourth-order valence-electron chi connectivity index (χ4n) is 1.96. The molecule has 23 heavy (non-hydrogen) atoms. The van der Waals surface area contributed by atoms with E-state index in [0.717, 1.165) is 10.5 Å². The Bertz CT molecular complexity index is 828. The number of benzene rings is 2. The number of rotatable bonds is 4. The van der Waals surface area contributed by atoms with Crippen molar-refractivity contribution in [2.45, 2.75) is 9.92 Å². The summed E-state index contributed by atoms with van der Waals surface area (Å²) < 4.78 is 5.36. The normalized spacial score (nSPS) is 10.6. The van der Waals surface area contributed by atoms with Gasteiger partial charge >= 0.3 is 0 Å². The zero-order valence-electron chi connectivity index (χ0n) is 12.2. The molecule has 0 aliphatic heterocycles. The van der Waals surface area contributed by atoms with E-state index in [1.54, 1.807) is 25.4 Å². The maximum Gasteiger partial charge on any atom is 0.169 e. The van der Waals surface area contributed by atoms with Gasteiger partial charge in [-0.25, -0.2) is 9.97 Å². The smallest absolute Gasteiger partial charge is 0.169 e. The van der Waals surface area contributed by atoms with E-state index >= 15 is 0 Å². The summed E-state index contributed by atoms with van der Waals surface area (Å²) in [6, 6.07) is 15.1. The molecule has 0 N–H and O–H groups in total. The number of ether oxygens (including phenoxy) is 1. The highest BCUT2D eigenvalue weighted by atomic mass is 35.5. The van der Waals surface area contributed by atoms with Crippen molar-refractivity contribution in [3.63, 3.8) is 0 Å². The van der Waals surface area contributed by atoms with E-state index in [2.05, 4.69) is 9.97 Å². The molecule has 0 spiro atoms. The highest BCUT2D eigenvalue weighted by molar-refractivity contribution is 7.99. The quantitative estimate of drug-likeness (QED) is 0.565. The second-order valence-electron chi connectivity index (χ2n) is 4.61. The van der Waals surface area contributed by atoms with Crippen LogP contribution in [-0.4, -0.2) is 17.1 Å². The lowest BCUT2D eigenvalue weighted by molar-refractivity contribution is 0.398. The number of methoxy groups -OCH3 is 1. The van der Waals surface area contributed by atoms with Crippen molar-refractivity contribution < 1.29 is 4.74 Å². The van der Waals surface area contributed by atoms with Crippen LogP contribution in [0.1, 0.15) is 0 Å². The summed E-state index contributed by atoms with van der Waals surface area (Å²) in [4.78, 5) is 9.82. The third-order valence-corrected chi connectivity index (χ3v) is 4.80. The molecule has 0 aliphatic carbocycles. The largest absolute Gasteiger partial charge is 0.492 e. The fourth-order valence-corrected chi connectivity index (χ4v) is 3.35. The van der Waals surface area contributed by atoms with Crippen LogP contribution in [0.2, 0.25) is 10.0 Å². The summed E-state index contributed by atoms with van der Waals surface area (Å²) in [5, 5.41) is 1.87. The predicted octanol–water partition coefficient (Wildman–Crippen LogP) is 5.61. The van der Waals surface area contributed by atoms with Gasteiger partial charge < -0.3 is 4.74 Å². The van der Waals surface area contributed by atoms with Gasteiger partial charge in [0.1, 0.15) is 5.03 Å². The first-order valence-electron chi connectivity index (χ1n) is 6.76. The van der Waals surface area contributed by atoms with E-state index in [1.165, 1.54) is 11.8 Å². The number of aromatic nitrogens is 2. The van der Waals surface area contributed by atoms with Crippen molar-refractivity contribution in [1.82, 2.24) is 9.97 Å². The maximum absolute atomic E-state index is 6.24. The van der Waals surface area contributed by atoms with E-state index < -0.39 is 0 Å². The third-order valence-electron chi connectivity index (χ3n) is 3.07. The number of hydrogen-bond acceptors (Lipinski definition) is 4. The molecule has 0 saturated carbocycles. The van der Waals surface area contributed by atoms with Crippen molar-refractivity contribution in [3.8, 4) is 17.1 Å². The van der Waals surface area contributed by atoms with Crippen LogP contribution in [0.15, 0.2) is 64.6 Å². The molecule has 0 saturated heterocycles. The van der Waals surface area contributed by atoms with Gasteiger partial charge in [0.2, 0.25) is 0 Å². The van der Waals surface area contributed by atoms with Crippen molar-refractivity contribution >= 4 is 35.0 Å². The summed E-state index contributed by atoms with van der Waals surface area (Å²) >= 11 is 13.6. The molecule has 2 aromatic carbocycles. The first kappa shape index (κ1) is 16.1. The molecule has 0 radical (unpaired) electrons. The van der Waals surface area contributed by atoms with E-state index in [-0.39, 0.29) is 0 Å². The molecule has 3 nitrogen and oxygen atoms in total. The summed E-state index contributed by atoms with van der Waals surface area (Å²) in [7, 11) is 1.59. The lowest BCUT2D eigenvalue weighted by Crippen LogP contribution is -1.95. The predicted molar refractivity (Wildman–Crippen MR) is 94.6 cm³/mol. The van der Waals surface area contributed by atoms with Crippen LogP contribution in [0.25, 0.3) is 11.4 Å². The van der Waals surface area contributed by atoms with Crippen LogP contribution in [0, 0.1) is 0 Å². The Hall–Kier alpha value is -1.75. The van der Waals surface area contributed by atoms with E-state index in [0.29, 0.717) is 26.6 Å². The lowest BCUT2D eigenvalue weighted by Gasteiger charge is -2.10. The van der Waals surface area contributed by atoms with Crippen LogP contribution in [0.3, 0.4) is 0 Å². The molecule has 0 unspecified atom stereocenters. The van der Waals surface area contributed by atoms with Gasteiger partial charge in [-0.3, -0.25) is 0 Å². The van der Waals surface area contributed by atoms with Gasteiger partial charge in [-0.2, -0.15) is 0 Å². The zero-order chi connectivity index (χ0) is 16.2. The Morgan fingerprint density at radius 2 is 1.83 bits per heavy atom. The Morgan fingerprint density at radius 3 is 2.52 bits per heavy atom. The second-order valence-corrected chi connectivity index (χ2v) is 6.48. The molecule has 0 fully saturated rings. The first-order chi connectivity index (χ1) is 11.2. The molecular formula is C17H12Cl2N2OS. The van der Waals surface area contributed by atoms with E-state index in [1.807, 2.05) is 36.4 Å². The van der Waals surface area contributed by atoms with E-state index in [4.69, 9.17) is 27.9 Å². The van der Waals surface area contributed by atoms with Crippen LogP contribution in [0.5, 0.6) is 5.75 Å². The molecular weight excluding hydrogens is 351 g/mol. The minimum absolute atomic E-state index is 0.574. The summed E-state index contributed by atoms with van der Waals surface area (Å²) in [6.07, 6.45) is 1.67. The van der Waals surface area contributed by atoms with Gasteiger partial charge in [0.05, 0.1) is 18.3 Å². The molecule has 0 amide bonds. The molecule has 1 aromatic heterocycles. The number of halogens is 2. The topological polar surface area (TPSA) is 35.0 Å². The van der Waals surface area contributed by atoms with Crippen LogP contribution >= 0.6 is 35.0 Å². The highest BCUT2D eigenvalue weighted by Gasteiger charge is 2.13.